The van der Waals surface area contributed by atoms with Crippen LogP contribution in [0.4, 0.5) is 0 Å². The molecule has 1 heterocycles. The Bertz CT molecular complexity index is 543. The Hall–Kier alpha value is -1.87. The molecule has 0 saturated carbocycles. The van der Waals surface area contributed by atoms with E-state index in [0.717, 1.165) is 5.56 Å². The van der Waals surface area contributed by atoms with Gasteiger partial charge in [-0.2, -0.15) is 0 Å². The van der Waals surface area contributed by atoms with Crippen LogP contribution in [0.5, 0.6) is 0 Å². The Morgan fingerprint density at radius 1 is 1.17 bits per heavy atom. The maximum Gasteiger partial charge on any atom is 0.270 e. The smallest absolute Gasteiger partial charge is 0.270 e. The highest BCUT2D eigenvalue weighted by Gasteiger charge is 2.12. The van der Waals surface area contributed by atoms with Gasteiger partial charge < -0.3 is 5.32 Å². The molecule has 1 atom stereocenters. The molecule has 18 heavy (non-hydrogen) atoms. The first-order valence-corrected chi connectivity index (χ1v) is 6.03. The van der Waals surface area contributed by atoms with Gasteiger partial charge in [0.05, 0.1) is 6.04 Å². The predicted molar refractivity (Wildman–Crippen MR) is 71.6 cm³/mol. The first-order valence-electron chi connectivity index (χ1n) is 5.65. The molecule has 92 valence electrons. The lowest BCUT2D eigenvalue weighted by atomic mass is 10.1. The fraction of sp³-hybridized carbons (Fsp3) is 0.143. The van der Waals surface area contributed by atoms with Crippen LogP contribution >= 0.6 is 11.6 Å². The Balaban J connectivity index is 2.08. The number of hydrogen-bond acceptors (Lipinski definition) is 2. The van der Waals surface area contributed by atoms with E-state index in [2.05, 4.69) is 10.3 Å². The number of rotatable bonds is 3. The molecule has 0 aliphatic carbocycles. The van der Waals surface area contributed by atoms with Gasteiger partial charge >= 0.3 is 0 Å². The summed E-state index contributed by atoms with van der Waals surface area (Å²) >= 11 is 5.75. The van der Waals surface area contributed by atoms with Crippen molar-refractivity contribution in [3.8, 4) is 0 Å². The molecule has 0 aliphatic rings. The molecule has 0 saturated heterocycles. The Morgan fingerprint density at radius 2 is 1.89 bits per heavy atom. The maximum atomic E-state index is 11.9. The van der Waals surface area contributed by atoms with Crippen molar-refractivity contribution in [1.82, 2.24) is 10.3 Å². The van der Waals surface area contributed by atoms with Crippen LogP contribution in [0.15, 0.2) is 48.5 Å². The Kier molecular flexibility index (Phi) is 3.95. The van der Waals surface area contributed by atoms with Gasteiger partial charge in [0.25, 0.3) is 5.91 Å². The highest BCUT2D eigenvalue weighted by atomic mass is 35.5. The third-order valence-electron chi connectivity index (χ3n) is 2.59. The number of nitrogens with one attached hydrogen (secondary N) is 1. The van der Waals surface area contributed by atoms with Crippen molar-refractivity contribution in [2.75, 3.05) is 0 Å². The zero-order chi connectivity index (χ0) is 13.0. The minimum atomic E-state index is -0.228. The van der Waals surface area contributed by atoms with E-state index in [4.69, 9.17) is 11.6 Å². The molecular formula is C14H13ClN2O. The van der Waals surface area contributed by atoms with E-state index in [9.17, 15) is 4.79 Å². The summed E-state index contributed by atoms with van der Waals surface area (Å²) < 4.78 is 0. The molecule has 0 spiro atoms. The Labute approximate surface area is 111 Å². The SMILES string of the molecule is C[C@H](NC(=O)c1cccc(Cl)n1)c1ccccc1. The number of benzene rings is 1. The van der Waals surface area contributed by atoms with Gasteiger partial charge in [0.15, 0.2) is 0 Å². The van der Waals surface area contributed by atoms with Crippen molar-refractivity contribution in [3.63, 3.8) is 0 Å². The fourth-order valence-corrected chi connectivity index (χ4v) is 1.79. The summed E-state index contributed by atoms with van der Waals surface area (Å²) in [5.74, 6) is -0.228. The third kappa shape index (κ3) is 3.08. The molecule has 0 radical (unpaired) electrons. The largest absolute Gasteiger partial charge is 0.344 e. The molecule has 3 nitrogen and oxygen atoms in total. The number of hydrogen-bond donors (Lipinski definition) is 1. The minimum Gasteiger partial charge on any atom is -0.344 e. The quantitative estimate of drug-likeness (QED) is 0.861. The number of carbonyl (C=O) groups excluding carboxylic acids is 1. The second-order valence-corrected chi connectivity index (χ2v) is 4.34. The third-order valence-corrected chi connectivity index (χ3v) is 2.81. The van der Waals surface area contributed by atoms with Crippen molar-refractivity contribution in [2.24, 2.45) is 0 Å². The van der Waals surface area contributed by atoms with Gasteiger partial charge in [-0.25, -0.2) is 4.98 Å². The number of amides is 1. The van der Waals surface area contributed by atoms with Crippen molar-refractivity contribution in [1.29, 1.82) is 0 Å². The van der Waals surface area contributed by atoms with Crippen LogP contribution in [-0.2, 0) is 0 Å². The summed E-state index contributed by atoms with van der Waals surface area (Å²) in [6.07, 6.45) is 0. The van der Waals surface area contributed by atoms with Crippen LogP contribution in [-0.4, -0.2) is 10.9 Å². The molecular weight excluding hydrogens is 248 g/mol. The number of pyridine rings is 1. The van der Waals surface area contributed by atoms with Crippen LogP contribution in [0.25, 0.3) is 0 Å². The minimum absolute atomic E-state index is 0.0699. The fourth-order valence-electron chi connectivity index (χ4n) is 1.63. The monoisotopic (exact) mass is 260 g/mol. The molecule has 0 unspecified atom stereocenters. The van der Waals surface area contributed by atoms with Crippen LogP contribution < -0.4 is 5.32 Å². The molecule has 0 bridgehead atoms. The Morgan fingerprint density at radius 3 is 2.56 bits per heavy atom. The van der Waals surface area contributed by atoms with Crippen molar-refractivity contribution in [3.05, 3.63) is 64.9 Å². The van der Waals surface area contributed by atoms with Crippen LogP contribution in [0.2, 0.25) is 5.15 Å². The number of nitrogens with zero attached hydrogens (tertiary/aromatic N) is 1. The topological polar surface area (TPSA) is 42.0 Å². The molecule has 0 fully saturated rings. The summed E-state index contributed by atoms with van der Waals surface area (Å²) in [6.45, 7) is 1.93. The summed E-state index contributed by atoms with van der Waals surface area (Å²) in [5, 5.41) is 3.19. The van der Waals surface area contributed by atoms with Gasteiger partial charge in [0, 0.05) is 0 Å². The average Bonchev–Trinajstić information content (AvgIpc) is 2.39. The average molecular weight is 261 g/mol. The van der Waals surface area contributed by atoms with Gasteiger partial charge in [-0.15, -0.1) is 0 Å². The van der Waals surface area contributed by atoms with E-state index < -0.39 is 0 Å². The maximum absolute atomic E-state index is 11.9. The first kappa shape index (κ1) is 12.6. The number of carbonyl (C=O) groups is 1. The van der Waals surface area contributed by atoms with Gasteiger partial charge in [0.2, 0.25) is 0 Å². The molecule has 2 rings (SSSR count). The zero-order valence-corrected chi connectivity index (χ0v) is 10.7. The predicted octanol–water partition coefficient (Wildman–Crippen LogP) is 3.23. The van der Waals surface area contributed by atoms with E-state index in [-0.39, 0.29) is 11.9 Å². The molecule has 2 aromatic rings. The zero-order valence-electron chi connectivity index (χ0n) is 9.93. The second-order valence-electron chi connectivity index (χ2n) is 3.95. The molecule has 1 N–H and O–H groups in total. The van der Waals surface area contributed by atoms with Crippen LogP contribution in [0, 0.1) is 0 Å². The lowest BCUT2D eigenvalue weighted by Gasteiger charge is -2.13. The molecule has 4 heteroatoms. The van der Waals surface area contributed by atoms with Crippen molar-refractivity contribution in [2.45, 2.75) is 13.0 Å². The van der Waals surface area contributed by atoms with Crippen LogP contribution in [0.3, 0.4) is 0 Å². The van der Waals surface area contributed by atoms with Gasteiger partial charge in [-0.3, -0.25) is 4.79 Å². The van der Waals surface area contributed by atoms with Gasteiger partial charge in [0.1, 0.15) is 10.8 Å². The van der Waals surface area contributed by atoms with Crippen molar-refractivity contribution < 1.29 is 4.79 Å². The lowest BCUT2D eigenvalue weighted by Crippen LogP contribution is -2.27. The highest BCUT2D eigenvalue weighted by molar-refractivity contribution is 6.29. The first-order chi connectivity index (χ1) is 8.66. The molecule has 1 aromatic carbocycles. The van der Waals surface area contributed by atoms with Gasteiger partial charge in [-0.1, -0.05) is 48.0 Å². The van der Waals surface area contributed by atoms with E-state index in [1.165, 1.54) is 0 Å². The second kappa shape index (κ2) is 5.65. The van der Waals surface area contributed by atoms with Crippen LogP contribution in [0.1, 0.15) is 29.0 Å². The summed E-state index contributed by atoms with van der Waals surface area (Å²) in [7, 11) is 0. The van der Waals surface area contributed by atoms with E-state index in [0.29, 0.717) is 10.8 Å². The standard InChI is InChI=1S/C14H13ClN2O/c1-10(11-6-3-2-4-7-11)16-14(18)12-8-5-9-13(15)17-12/h2-10H,1H3,(H,16,18)/t10-/m0/s1. The van der Waals surface area contributed by atoms with E-state index >= 15 is 0 Å². The highest BCUT2D eigenvalue weighted by Crippen LogP contribution is 2.12. The lowest BCUT2D eigenvalue weighted by molar-refractivity contribution is 0.0935. The van der Waals surface area contributed by atoms with E-state index in [1.54, 1.807) is 18.2 Å². The molecule has 1 aromatic heterocycles. The van der Waals surface area contributed by atoms with Crippen molar-refractivity contribution >= 4 is 17.5 Å². The number of aromatic nitrogens is 1. The molecule has 0 aliphatic heterocycles. The van der Waals surface area contributed by atoms with Gasteiger partial charge in [-0.05, 0) is 24.6 Å². The molecule has 1 amide bonds. The summed E-state index contributed by atoms with van der Waals surface area (Å²) in [5.41, 5.74) is 1.37. The normalized spacial score (nSPS) is 11.9. The summed E-state index contributed by atoms with van der Waals surface area (Å²) in [4.78, 5) is 15.9. The number of halogens is 1. The van der Waals surface area contributed by atoms with E-state index in [1.807, 2.05) is 37.3 Å². The summed E-state index contributed by atoms with van der Waals surface area (Å²) in [6, 6.07) is 14.7.